The summed E-state index contributed by atoms with van der Waals surface area (Å²) in [5.74, 6) is 0. The summed E-state index contributed by atoms with van der Waals surface area (Å²) < 4.78 is 0. The van der Waals surface area contributed by atoms with Crippen LogP contribution in [0.1, 0.15) is 11.4 Å². The minimum absolute atomic E-state index is 0.573. The van der Waals surface area contributed by atoms with Crippen LogP contribution in [-0.2, 0) is 0 Å². The van der Waals surface area contributed by atoms with Crippen LogP contribution in [0.3, 0.4) is 0 Å². The summed E-state index contributed by atoms with van der Waals surface area (Å²) in [5.41, 5.74) is 7.14. The van der Waals surface area contributed by atoms with Crippen LogP contribution in [0.4, 0.5) is 5.13 Å². The lowest BCUT2D eigenvalue weighted by atomic mass is 10.3. The van der Waals surface area contributed by atoms with Crippen molar-refractivity contribution in [3.8, 4) is 0 Å². The molecule has 0 amide bonds. The molecule has 0 saturated carbocycles. The molecular weight excluding hydrogens is 196 g/mol. The number of nitrogens with two attached hydrogens (primary N) is 1. The summed E-state index contributed by atoms with van der Waals surface area (Å²) in [7, 11) is 0. The molecule has 0 aliphatic carbocycles. The number of anilines is 1. The molecule has 5 heteroatoms. The Labute approximate surface area is 85.2 Å². The summed E-state index contributed by atoms with van der Waals surface area (Å²) in [6, 6.07) is 0. The molecule has 0 aromatic carbocycles. The second-order valence-electron chi connectivity index (χ2n) is 2.57. The number of hydrogen-bond acceptors (Lipinski definition) is 5. The number of aromatic nitrogens is 3. The van der Waals surface area contributed by atoms with Crippen LogP contribution in [0.2, 0.25) is 0 Å². The molecule has 14 heavy (non-hydrogen) atoms. The lowest BCUT2D eigenvalue weighted by Crippen LogP contribution is -1.82. The minimum Gasteiger partial charge on any atom is -0.375 e. The molecule has 0 aliphatic heterocycles. The van der Waals surface area contributed by atoms with Gasteiger partial charge in [0.15, 0.2) is 5.13 Å². The molecule has 0 radical (unpaired) electrons. The monoisotopic (exact) mass is 204 g/mol. The van der Waals surface area contributed by atoms with E-state index >= 15 is 0 Å². The molecule has 2 N–H and O–H groups in total. The van der Waals surface area contributed by atoms with Crippen LogP contribution in [0.5, 0.6) is 0 Å². The summed E-state index contributed by atoms with van der Waals surface area (Å²) in [6.07, 6.45) is 8.68. The van der Waals surface area contributed by atoms with Gasteiger partial charge in [0, 0.05) is 17.8 Å². The first-order chi connectivity index (χ1) is 6.84. The fraction of sp³-hybridized carbons (Fsp3) is 0. The van der Waals surface area contributed by atoms with Crippen LogP contribution in [0.25, 0.3) is 12.2 Å². The van der Waals surface area contributed by atoms with Gasteiger partial charge < -0.3 is 5.73 Å². The molecule has 0 aliphatic rings. The predicted molar refractivity (Wildman–Crippen MR) is 57.5 cm³/mol. The molecular formula is C9H8N4S. The fourth-order valence-corrected chi connectivity index (χ4v) is 1.48. The third-order valence-electron chi connectivity index (χ3n) is 1.55. The molecule has 2 rings (SSSR count). The molecule has 0 bridgehead atoms. The van der Waals surface area contributed by atoms with Gasteiger partial charge in [0.25, 0.3) is 0 Å². The number of nitrogen functional groups attached to an aromatic ring is 1. The van der Waals surface area contributed by atoms with Crippen LogP contribution in [-0.4, -0.2) is 15.0 Å². The Kier molecular flexibility index (Phi) is 2.51. The van der Waals surface area contributed by atoms with Crippen molar-refractivity contribution in [1.82, 2.24) is 15.0 Å². The molecule has 0 atom stereocenters. The van der Waals surface area contributed by atoms with Gasteiger partial charge >= 0.3 is 0 Å². The van der Waals surface area contributed by atoms with Gasteiger partial charge in [0.2, 0.25) is 0 Å². The van der Waals surface area contributed by atoms with Crippen LogP contribution < -0.4 is 5.73 Å². The lowest BCUT2D eigenvalue weighted by Gasteiger charge is -1.87. The van der Waals surface area contributed by atoms with E-state index in [0.29, 0.717) is 5.13 Å². The summed E-state index contributed by atoms with van der Waals surface area (Å²) in [5, 5.41) is 2.46. The Balaban J connectivity index is 2.15. The van der Waals surface area contributed by atoms with Gasteiger partial charge in [0.05, 0.1) is 17.6 Å². The molecule has 70 valence electrons. The first-order valence-electron chi connectivity index (χ1n) is 4.00. The van der Waals surface area contributed by atoms with Crippen LogP contribution in [0.15, 0.2) is 24.0 Å². The second-order valence-corrected chi connectivity index (χ2v) is 3.46. The summed E-state index contributed by atoms with van der Waals surface area (Å²) in [6.45, 7) is 0. The van der Waals surface area contributed by atoms with Crippen molar-refractivity contribution < 1.29 is 0 Å². The predicted octanol–water partition coefficient (Wildman–Crippen LogP) is 1.69. The van der Waals surface area contributed by atoms with E-state index in [1.54, 1.807) is 18.6 Å². The number of thiazole rings is 1. The van der Waals surface area contributed by atoms with Gasteiger partial charge in [-0.05, 0) is 12.2 Å². The highest BCUT2D eigenvalue weighted by Gasteiger charge is 1.93. The number of hydrogen-bond donors (Lipinski definition) is 1. The Hall–Kier alpha value is -1.75. The van der Waals surface area contributed by atoms with Crippen molar-refractivity contribution in [2.45, 2.75) is 0 Å². The molecule has 0 unspecified atom stereocenters. The largest absolute Gasteiger partial charge is 0.375 e. The van der Waals surface area contributed by atoms with E-state index in [9.17, 15) is 0 Å². The smallest absolute Gasteiger partial charge is 0.180 e. The zero-order chi connectivity index (χ0) is 9.80. The van der Waals surface area contributed by atoms with E-state index in [4.69, 9.17) is 5.73 Å². The third-order valence-corrected chi connectivity index (χ3v) is 2.24. The van der Waals surface area contributed by atoms with Crippen molar-refractivity contribution in [3.05, 3.63) is 35.4 Å². The maximum atomic E-state index is 5.49. The average molecular weight is 204 g/mol. The molecule has 4 nitrogen and oxygen atoms in total. The third kappa shape index (κ3) is 2.14. The standard InChI is InChI=1S/C9H8N4S/c10-9-13-8(6-14-9)2-1-7-5-11-3-4-12-7/h1-6H,(H2,10,13)/b2-1+. The molecule has 2 aromatic heterocycles. The summed E-state index contributed by atoms with van der Waals surface area (Å²) >= 11 is 1.42. The number of rotatable bonds is 2. The Bertz CT molecular complexity index is 435. The SMILES string of the molecule is Nc1nc(/C=C/c2cnccn2)cs1. The molecule has 2 heterocycles. The Morgan fingerprint density at radius 1 is 1.21 bits per heavy atom. The topological polar surface area (TPSA) is 64.7 Å². The van der Waals surface area contributed by atoms with E-state index in [1.165, 1.54) is 11.3 Å². The van der Waals surface area contributed by atoms with Crippen LogP contribution in [0, 0.1) is 0 Å². The van der Waals surface area contributed by atoms with E-state index in [0.717, 1.165) is 11.4 Å². The zero-order valence-corrected chi connectivity index (χ0v) is 8.11. The van der Waals surface area contributed by atoms with Crippen molar-refractivity contribution >= 4 is 28.6 Å². The first kappa shape index (κ1) is 8.83. The molecule has 0 spiro atoms. The van der Waals surface area contributed by atoms with Crippen molar-refractivity contribution in [2.24, 2.45) is 0 Å². The van der Waals surface area contributed by atoms with Crippen molar-refractivity contribution in [3.63, 3.8) is 0 Å². The maximum absolute atomic E-state index is 5.49. The lowest BCUT2D eigenvalue weighted by molar-refractivity contribution is 1.18. The highest BCUT2D eigenvalue weighted by atomic mass is 32.1. The van der Waals surface area contributed by atoms with Gasteiger partial charge in [-0.2, -0.15) is 0 Å². The fourth-order valence-electron chi connectivity index (χ4n) is 0.945. The van der Waals surface area contributed by atoms with E-state index < -0.39 is 0 Å². The van der Waals surface area contributed by atoms with Gasteiger partial charge in [-0.15, -0.1) is 11.3 Å². The summed E-state index contributed by atoms with van der Waals surface area (Å²) in [4.78, 5) is 12.1. The van der Waals surface area contributed by atoms with Gasteiger partial charge in [-0.3, -0.25) is 9.97 Å². The molecule has 2 aromatic rings. The maximum Gasteiger partial charge on any atom is 0.180 e. The first-order valence-corrected chi connectivity index (χ1v) is 4.87. The zero-order valence-electron chi connectivity index (χ0n) is 7.29. The van der Waals surface area contributed by atoms with Gasteiger partial charge in [-0.1, -0.05) is 0 Å². The quantitative estimate of drug-likeness (QED) is 0.808. The highest BCUT2D eigenvalue weighted by molar-refractivity contribution is 7.13. The van der Waals surface area contributed by atoms with E-state index in [-0.39, 0.29) is 0 Å². The van der Waals surface area contributed by atoms with Crippen molar-refractivity contribution in [1.29, 1.82) is 0 Å². The van der Waals surface area contributed by atoms with Gasteiger partial charge in [-0.25, -0.2) is 4.98 Å². The molecule has 0 fully saturated rings. The Morgan fingerprint density at radius 2 is 2.07 bits per heavy atom. The highest BCUT2D eigenvalue weighted by Crippen LogP contribution is 2.13. The Morgan fingerprint density at radius 3 is 2.71 bits per heavy atom. The van der Waals surface area contributed by atoms with Crippen molar-refractivity contribution in [2.75, 3.05) is 5.73 Å². The minimum atomic E-state index is 0.573. The molecule has 0 saturated heterocycles. The second kappa shape index (κ2) is 3.97. The number of nitrogens with zero attached hydrogens (tertiary/aromatic N) is 3. The van der Waals surface area contributed by atoms with E-state index in [1.807, 2.05) is 17.5 Å². The van der Waals surface area contributed by atoms with Gasteiger partial charge in [0.1, 0.15) is 0 Å². The normalized spacial score (nSPS) is 10.9. The van der Waals surface area contributed by atoms with Crippen LogP contribution >= 0.6 is 11.3 Å². The van der Waals surface area contributed by atoms with E-state index in [2.05, 4.69) is 15.0 Å². The average Bonchev–Trinajstić information content (AvgIpc) is 2.63.